The Bertz CT molecular complexity index is 393. The fraction of sp³-hybridized carbons (Fsp3) is 0.538. The molecule has 17 heavy (non-hydrogen) atoms. The van der Waals surface area contributed by atoms with Crippen LogP contribution in [0.2, 0.25) is 0 Å². The van der Waals surface area contributed by atoms with E-state index >= 15 is 0 Å². The molecule has 1 unspecified atom stereocenters. The van der Waals surface area contributed by atoms with E-state index in [9.17, 15) is 8.78 Å². The van der Waals surface area contributed by atoms with Gasteiger partial charge in [0.25, 0.3) is 0 Å². The first-order chi connectivity index (χ1) is 8.06. The van der Waals surface area contributed by atoms with E-state index in [4.69, 9.17) is 0 Å². The molecule has 1 aliphatic heterocycles. The maximum atomic E-state index is 13.6. The van der Waals surface area contributed by atoms with Crippen molar-refractivity contribution in [3.8, 4) is 0 Å². The van der Waals surface area contributed by atoms with Gasteiger partial charge in [-0.25, -0.2) is 8.78 Å². The highest BCUT2D eigenvalue weighted by atomic mass is 19.1. The monoisotopic (exact) mass is 240 g/mol. The molecule has 0 aliphatic carbocycles. The van der Waals surface area contributed by atoms with Crippen LogP contribution in [-0.2, 0) is 0 Å². The van der Waals surface area contributed by atoms with Crippen LogP contribution in [0.1, 0.15) is 20.3 Å². The molecule has 94 valence electrons. The van der Waals surface area contributed by atoms with Gasteiger partial charge in [0.05, 0.1) is 5.69 Å². The molecular formula is C13H18F2N2. The Labute approximate surface area is 101 Å². The minimum atomic E-state index is -0.526. The Morgan fingerprint density at radius 2 is 2.12 bits per heavy atom. The van der Waals surface area contributed by atoms with Crippen LogP contribution in [0.3, 0.4) is 0 Å². The number of anilines is 1. The molecule has 0 radical (unpaired) electrons. The molecule has 1 N–H and O–H groups in total. The van der Waals surface area contributed by atoms with Crippen molar-refractivity contribution in [2.75, 3.05) is 18.0 Å². The van der Waals surface area contributed by atoms with Gasteiger partial charge in [-0.05, 0) is 18.6 Å². The third kappa shape index (κ3) is 2.94. The number of nitrogens with zero attached hydrogens (tertiary/aromatic N) is 1. The molecule has 1 aromatic carbocycles. The maximum absolute atomic E-state index is 13.6. The van der Waals surface area contributed by atoms with Crippen LogP contribution in [0, 0.1) is 11.6 Å². The molecule has 1 atom stereocenters. The highest BCUT2D eigenvalue weighted by Gasteiger charge is 2.24. The van der Waals surface area contributed by atoms with Crippen LogP contribution < -0.4 is 10.2 Å². The van der Waals surface area contributed by atoms with Gasteiger partial charge >= 0.3 is 0 Å². The molecule has 0 aromatic heterocycles. The lowest BCUT2D eigenvalue weighted by Gasteiger charge is -2.20. The third-order valence-electron chi connectivity index (χ3n) is 3.01. The normalized spacial score (nSPS) is 20.3. The van der Waals surface area contributed by atoms with Gasteiger partial charge in [-0.15, -0.1) is 0 Å². The lowest BCUT2D eigenvalue weighted by atomic mass is 10.2. The van der Waals surface area contributed by atoms with Crippen LogP contribution in [0.5, 0.6) is 0 Å². The zero-order chi connectivity index (χ0) is 12.4. The molecule has 2 nitrogen and oxygen atoms in total. The second-order valence-corrected chi connectivity index (χ2v) is 4.85. The smallest absolute Gasteiger partial charge is 0.149 e. The van der Waals surface area contributed by atoms with Crippen molar-refractivity contribution in [2.45, 2.75) is 32.4 Å². The molecule has 0 amide bonds. The summed E-state index contributed by atoms with van der Waals surface area (Å²) >= 11 is 0. The van der Waals surface area contributed by atoms with Crippen molar-refractivity contribution < 1.29 is 8.78 Å². The standard InChI is InChI=1S/C13H18F2N2/c1-9(2)16-11-5-6-17(8-11)13-4-3-10(14)7-12(13)15/h3-4,7,9,11,16H,5-6,8H2,1-2H3. The minimum absolute atomic E-state index is 0.388. The first-order valence-electron chi connectivity index (χ1n) is 6.02. The van der Waals surface area contributed by atoms with E-state index < -0.39 is 11.6 Å². The van der Waals surface area contributed by atoms with Gasteiger partial charge < -0.3 is 10.2 Å². The van der Waals surface area contributed by atoms with E-state index in [1.54, 1.807) is 0 Å². The predicted molar refractivity (Wildman–Crippen MR) is 65.2 cm³/mol. The quantitative estimate of drug-likeness (QED) is 0.873. The Hall–Kier alpha value is -1.16. The summed E-state index contributed by atoms with van der Waals surface area (Å²) in [5.41, 5.74) is 0.499. The van der Waals surface area contributed by atoms with Crippen LogP contribution in [0.25, 0.3) is 0 Å². The Kier molecular flexibility index (Phi) is 3.62. The fourth-order valence-electron chi connectivity index (χ4n) is 2.32. The SMILES string of the molecule is CC(C)NC1CCN(c2ccc(F)cc2F)C1. The molecule has 1 fully saturated rings. The van der Waals surface area contributed by atoms with Gasteiger partial charge in [-0.1, -0.05) is 13.8 Å². The molecule has 1 aromatic rings. The summed E-state index contributed by atoms with van der Waals surface area (Å²) in [6.45, 7) is 5.79. The van der Waals surface area contributed by atoms with Gasteiger partial charge in [0.15, 0.2) is 0 Å². The lowest BCUT2D eigenvalue weighted by molar-refractivity contribution is 0.491. The van der Waals surface area contributed by atoms with Gasteiger partial charge in [0, 0.05) is 31.2 Å². The molecule has 4 heteroatoms. The first kappa shape index (κ1) is 12.3. The molecule has 2 rings (SSSR count). The number of halogens is 2. The average Bonchev–Trinajstić information content (AvgIpc) is 2.65. The number of benzene rings is 1. The van der Waals surface area contributed by atoms with Crippen LogP contribution in [0.4, 0.5) is 14.5 Å². The maximum Gasteiger partial charge on any atom is 0.149 e. The van der Waals surface area contributed by atoms with Crippen LogP contribution >= 0.6 is 0 Å². The number of rotatable bonds is 3. The summed E-state index contributed by atoms with van der Waals surface area (Å²) in [6.07, 6.45) is 0.995. The summed E-state index contributed by atoms with van der Waals surface area (Å²) < 4.78 is 26.4. The molecule has 1 saturated heterocycles. The van der Waals surface area contributed by atoms with E-state index in [1.807, 2.05) is 4.90 Å². The highest BCUT2D eigenvalue weighted by Crippen LogP contribution is 2.24. The van der Waals surface area contributed by atoms with Crippen LogP contribution in [0.15, 0.2) is 18.2 Å². The van der Waals surface area contributed by atoms with Crippen LogP contribution in [-0.4, -0.2) is 25.2 Å². The number of nitrogens with one attached hydrogen (secondary N) is 1. The Balaban J connectivity index is 2.05. The molecule has 0 spiro atoms. The van der Waals surface area contributed by atoms with Gasteiger partial charge in [0.1, 0.15) is 11.6 Å². The van der Waals surface area contributed by atoms with Crippen molar-refractivity contribution in [3.63, 3.8) is 0 Å². The summed E-state index contributed by atoms with van der Waals surface area (Å²) in [6, 6.07) is 4.58. The van der Waals surface area contributed by atoms with Crippen molar-refractivity contribution in [2.24, 2.45) is 0 Å². The predicted octanol–water partition coefficient (Wildman–Crippen LogP) is 2.54. The molecule has 1 aliphatic rings. The van der Waals surface area contributed by atoms with Crippen molar-refractivity contribution in [1.82, 2.24) is 5.32 Å². The third-order valence-corrected chi connectivity index (χ3v) is 3.01. The zero-order valence-electron chi connectivity index (χ0n) is 10.2. The lowest BCUT2D eigenvalue weighted by Crippen LogP contribution is -2.37. The van der Waals surface area contributed by atoms with Gasteiger partial charge in [0.2, 0.25) is 0 Å². The molecule has 0 bridgehead atoms. The summed E-state index contributed by atoms with van der Waals surface area (Å²) in [5.74, 6) is -1.00. The largest absolute Gasteiger partial charge is 0.368 e. The second kappa shape index (κ2) is 5.00. The Morgan fingerprint density at radius 1 is 1.35 bits per heavy atom. The summed E-state index contributed by atoms with van der Waals surface area (Å²) in [7, 11) is 0. The Morgan fingerprint density at radius 3 is 2.76 bits per heavy atom. The van der Waals surface area contributed by atoms with Gasteiger partial charge in [-0.3, -0.25) is 0 Å². The van der Waals surface area contributed by atoms with Crippen molar-refractivity contribution in [3.05, 3.63) is 29.8 Å². The van der Waals surface area contributed by atoms with E-state index in [-0.39, 0.29) is 0 Å². The highest BCUT2D eigenvalue weighted by molar-refractivity contribution is 5.49. The van der Waals surface area contributed by atoms with E-state index in [1.165, 1.54) is 12.1 Å². The summed E-state index contributed by atoms with van der Waals surface area (Å²) in [5, 5.41) is 3.43. The number of hydrogen-bond donors (Lipinski definition) is 1. The minimum Gasteiger partial charge on any atom is -0.368 e. The fourth-order valence-corrected chi connectivity index (χ4v) is 2.32. The number of hydrogen-bond acceptors (Lipinski definition) is 2. The first-order valence-corrected chi connectivity index (χ1v) is 6.02. The average molecular weight is 240 g/mol. The molecule has 0 saturated carbocycles. The topological polar surface area (TPSA) is 15.3 Å². The zero-order valence-corrected chi connectivity index (χ0v) is 10.2. The van der Waals surface area contributed by atoms with Gasteiger partial charge in [-0.2, -0.15) is 0 Å². The molecule has 1 heterocycles. The van der Waals surface area contributed by atoms with E-state index in [0.717, 1.165) is 25.6 Å². The van der Waals surface area contributed by atoms with Crippen molar-refractivity contribution in [1.29, 1.82) is 0 Å². The van der Waals surface area contributed by atoms with E-state index in [2.05, 4.69) is 19.2 Å². The van der Waals surface area contributed by atoms with Crippen molar-refractivity contribution >= 4 is 5.69 Å². The molecular weight excluding hydrogens is 222 g/mol. The second-order valence-electron chi connectivity index (χ2n) is 4.85. The van der Waals surface area contributed by atoms with E-state index in [0.29, 0.717) is 17.8 Å². The summed E-state index contributed by atoms with van der Waals surface area (Å²) in [4.78, 5) is 1.97.